The zero-order valence-corrected chi connectivity index (χ0v) is 14.8. The van der Waals surface area contributed by atoms with E-state index >= 15 is 0 Å². The van der Waals surface area contributed by atoms with E-state index in [1.807, 2.05) is 24.3 Å². The first-order valence-electron chi connectivity index (χ1n) is 7.82. The summed E-state index contributed by atoms with van der Waals surface area (Å²) < 4.78 is 10.9. The minimum absolute atomic E-state index is 0.0241. The number of aliphatic hydroxyl groups excluding tert-OH is 1. The fourth-order valence-electron chi connectivity index (χ4n) is 2.77. The van der Waals surface area contributed by atoms with Crippen LogP contribution in [0, 0.1) is 5.41 Å². The summed E-state index contributed by atoms with van der Waals surface area (Å²) in [7, 11) is 1.61. The summed E-state index contributed by atoms with van der Waals surface area (Å²) in [5.41, 5.74) is 0.221. The summed E-state index contributed by atoms with van der Waals surface area (Å²) >= 11 is 0. The molecular weight excluding hydrogens is 278 g/mol. The zero-order valence-electron chi connectivity index (χ0n) is 14.8. The van der Waals surface area contributed by atoms with Gasteiger partial charge < -0.3 is 19.9 Å². The van der Waals surface area contributed by atoms with Crippen molar-refractivity contribution in [3.8, 4) is 11.5 Å². The maximum absolute atomic E-state index is 10.1. The Morgan fingerprint density at radius 2 is 1.68 bits per heavy atom. The summed E-state index contributed by atoms with van der Waals surface area (Å²) in [5.74, 6) is 1.33. The topological polar surface area (TPSA) is 50.7 Å². The number of methoxy groups -OCH3 is 1. The molecule has 22 heavy (non-hydrogen) atoms. The summed E-state index contributed by atoms with van der Waals surface area (Å²) in [5, 5.41) is 13.5. The van der Waals surface area contributed by atoms with Gasteiger partial charge in [-0.1, -0.05) is 32.9 Å². The van der Waals surface area contributed by atoms with Gasteiger partial charge in [0.1, 0.15) is 12.7 Å². The van der Waals surface area contributed by atoms with Crippen LogP contribution in [0.15, 0.2) is 24.3 Å². The molecule has 2 N–H and O–H groups in total. The Morgan fingerprint density at radius 1 is 1.09 bits per heavy atom. The number of hydrogen-bond acceptors (Lipinski definition) is 4. The predicted octanol–water partition coefficient (Wildman–Crippen LogP) is 3.24. The molecule has 0 aromatic heterocycles. The summed E-state index contributed by atoms with van der Waals surface area (Å²) in [6, 6.07) is 7.45. The molecule has 0 aliphatic carbocycles. The number of rotatable bonds is 8. The van der Waals surface area contributed by atoms with Crippen LogP contribution in [0.25, 0.3) is 0 Å². The first kappa shape index (κ1) is 18.8. The monoisotopic (exact) mass is 309 g/mol. The molecule has 1 aromatic rings. The molecule has 1 rings (SSSR count). The van der Waals surface area contributed by atoms with Crippen LogP contribution in [0.4, 0.5) is 0 Å². The van der Waals surface area contributed by atoms with Gasteiger partial charge in [0.2, 0.25) is 0 Å². The van der Waals surface area contributed by atoms with Gasteiger partial charge in [0, 0.05) is 12.1 Å². The van der Waals surface area contributed by atoms with Gasteiger partial charge in [-0.2, -0.15) is 0 Å². The van der Waals surface area contributed by atoms with Crippen LogP contribution in [-0.2, 0) is 0 Å². The van der Waals surface area contributed by atoms with Crippen LogP contribution < -0.4 is 14.8 Å². The third kappa shape index (κ3) is 7.14. The summed E-state index contributed by atoms with van der Waals surface area (Å²) in [6.07, 6.45) is 0.462. The van der Waals surface area contributed by atoms with E-state index in [0.717, 1.165) is 6.42 Å². The lowest BCUT2D eigenvalue weighted by Crippen LogP contribution is -2.46. The lowest BCUT2D eigenvalue weighted by atomic mass is 9.82. The zero-order chi connectivity index (χ0) is 16.8. The molecule has 0 aliphatic rings. The fraction of sp³-hybridized carbons (Fsp3) is 0.667. The van der Waals surface area contributed by atoms with Gasteiger partial charge in [0.25, 0.3) is 0 Å². The van der Waals surface area contributed by atoms with Crippen molar-refractivity contribution < 1.29 is 14.6 Å². The Labute approximate surface area is 134 Å². The molecule has 0 bridgehead atoms. The van der Waals surface area contributed by atoms with Crippen LogP contribution in [0.1, 0.15) is 41.0 Å². The van der Waals surface area contributed by atoms with Crippen molar-refractivity contribution in [2.45, 2.75) is 52.7 Å². The Bertz CT molecular complexity index is 452. The lowest BCUT2D eigenvalue weighted by Gasteiger charge is -2.34. The van der Waals surface area contributed by atoms with Crippen molar-refractivity contribution in [2.75, 3.05) is 20.3 Å². The highest BCUT2D eigenvalue weighted by Crippen LogP contribution is 2.27. The lowest BCUT2D eigenvalue weighted by molar-refractivity contribution is 0.0930. The first-order valence-corrected chi connectivity index (χ1v) is 7.82. The van der Waals surface area contributed by atoms with Gasteiger partial charge >= 0.3 is 0 Å². The van der Waals surface area contributed by atoms with E-state index in [4.69, 9.17) is 9.47 Å². The van der Waals surface area contributed by atoms with Gasteiger partial charge in [-0.3, -0.25) is 0 Å². The Hall–Kier alpha value is -1.26. The smallest absolute Gasteiger partial charge is 0.161 e. The number of ether oxygens (including phenoxy) is 2. The number of β-amino-alcohol motifs (C(OH)–C–C–N with tert-alkyl or cyclic N) is 1. The van der Waals surface area contributed by atoms with Gasteiger partial charge in [-0.15, -0.1) is 0 Å². The molecule has 0 radical (unpaired) electrons. The number of para-hydroxylation sites is 2. The van der Waals surface area contributed by atoms with Crippen molar-refractivity contribution in [3.63, 3.8) is 0 Å². The van der Waals surface area contributed by atoms with E-state index in [1.165, 1.54) is 0 Å². The van der Waals surface area contributed by atoms with Crippen LogP contribution in [0.3, 0.4) is 0 Å². The highest BCUT2D eigenvalue weighted by molar-refractivity contribution is 5.39. The normalized spacial score (nSPS) is 13.8. The number of aliphatic hydroxyl groups is 1. The number of benzene rings is 1. The van der Waals surface area contributed by atoms with E-state index < -0.39 is 6.10 Å². The third-order valence-electron chi connectivity index (χ3n) is 3.29. The molecule has 0 amide bonds. The van der Waals surface area contributed by atoms with Gasteiger partial charge in [-0.25, -0.2) is 0 Å². The van der Waals surface area contributed by atoms with Crippen LogP contribution in [0.5, 0.6) is 11.5 Å². The Balaban J connectivity index is 2.42. The van der Waals surface area contributed by atoms with Crippen molar-refractivity contribution in [1.29, 1.82) is 0 Å². The average Bonchev–Trinajstić information content (AvgIpc) is 2.40. The van der Waals surface area contributed by atoms with Crippen molar-refractivity contribution >= 4 is 0 Å². The second kappa shape index (κ2) is 7.84. The van der Waals surface area contributed by atoms with Crippen molar-refractivity contribution in [1.82, 2.24) is 5.32 Å². The van der Waals surface area contributed by atoms with Crippen LogP contribution in [0.2, 0.25) is 0 Å². The molecule has 4 heteroatoms. The first-order chi connectivity index (χ1) is 10.1. The molecule has 1 atom stereocenters. The van der Waals surface area contributed by atoms with E-state index in [1.54, 1.807) is 7.11 Å². The maximum atomic E-state index is 10.1. The Kier molecular flexibility index (Phi) is 6.69. The fourth-order valence-corrected chi connectivity index (χ4v) is 2.77. The molecule has 126 valence electrons. The largest absolute Gasteiger partial charge is 0.493 e. The second-order valence-electron chi connectivity index (χ2n) is 7.62. The van der Waals surface area contributed by atoms with Gasteiger partial charge in [-0.05, 0) is 37.8 Å². The standard InChI is InChI=1S/C18H31NO3/c1-17(2,3)13-18(4,5)19-11-14(20)12-22-16-10-8-7-9-15(16)21-6/h7-10,14,19-20H,11-13H2,1-6H3/t14-/m1/s1. The molecular formula is C18H31NO3. The average molecular weight is 309 g/mol. The van der Waals surface area contributed by atoms with E-state index in [-0.39, 0.29) is 17.6 Å². The highest BCUT2D eigenvalue weighted by Gasteiger charge is 2.25. The van der Waals surface area contributed by atoms with E-state index in [2.05, 4.69) is 39.9 Å². The molecule has 0 spiro atoms. The minimum Gasteiger partial charge on any atom is -0.493 e. The molecule has 0 saturated heterocycles. The SMILES string of the molecule is COc1ccccc1OC[C@H](O)CNC(C)(C)CC(C)(C)C. The summed E-state index contributed by atoms with van der Waals surface area (Å²) in [6.45, 7) is 11.7. The second-order valence-corrected chi connectivity index (χ2v) is 7.62. The predicted molar refractivity (Wildman–Crippen MR) is 90.6 cm³/mol. The molecule has 0 heterocycles. The maximum Gasteiger partial charge on any atom is 0.161 e. The van der Waals surface area contributed by atoms with Crippen LogP contribution in [-0.4, -0.2) is 37.0 Å². The van der Waals surface area contributed by atoms with E-state index in [9.17, 15) is 5.11 Å². The molecule has 0 aliphatic heterocycles. The molecule has 0 fully saturated rings. The van der Waals surface area contributed by atoms with Crippen LogP contribution >= 0.6 is 0 Å². The third-order valence-corrected chi connectivity index (χ3v) is 3.29. The van der Waals surface area contributed by atoms with Crippen molar-refractivity contribution in [3.05, 3.63) is 24.3 Å². The summed E-state index contributed by atoms with van der Waals surface area (Å²) in [4.78, 5) is 0. The highest BCUT2D eigenvalue weighted by atomic mass is 16.5. The minimum atomic E-state index is -0.566. The van der Waals surface area contributed by atoms with E-state index in [0.29, 0.717) is 18.0 Å². The molecule has 4 nitrogen and oxygen atoms in total. The number of nitrogens with one attached hydrogen (secondary N) is 1. The molecule has 0 unspecified atom stereocenters. The Morgan fingerprint density at radius 3 is 2.23 bits per heavy atom. The van der Waals surface area contributed by atoms with Gasteiger partial charge in [0.05, 0.1) is 7.11 Å². The van der Waals surface area contributed by atoms with Crippen molar-refractivity contribution in [2.24, 2.45) is 5.41 Å². The molecule has 1 aromatic carbocycles. The van der Waals surface area contributed by atoms with Gasteiger partial charge in [0.15, 0.2) is 11.5 Å². The quantitative estimate of drug-likeness (QED) is 0.774. The number of hydrogen-bond donors (Lipinski definition) is 2. The molecule has 0 saturated carbocycles.